The molecule has 6 N–H and O–H groups in total. The summed E-state index contributed by atoms with van der Waals surface area (Å²) in [6.07, 6.45) is 2.05. The van der Waals surface area contributed by atoms with Gasteiger partial charge in [0.1, 0.15) is 5.75 Å². The molecule has 162 valence electrons. The molecule has 2 aromatic carbocycles. The highest BCUT2D eigenvalue weighted by Crippen LogP contribution is 2.25. The number of methoxy groups -OCH3 is 1. The van der Waals surface area contributed by atoms with Crippen molar-refractivity contribution in [2.24, 2.45) is 16.5 Å². The summed E-state index contributed by atoms with van der Waals surface area (Å²) in [7, 11) is 1.61. The highest BCUT2D eigenvalue weighted by molar-refractivity contribution is 5.95. The molecule has 3 aromatic rings. The zero-order valence-corrected chi connectivity index (χ0v) is 17.9. The number of ether oxygens (including phenoxy) is 1. The number of nitrogens with two attached hydrogens (primary N) is 2. The number of pyridine rings is 1. The normalized spacial score (nSPS) is 10.6. The molecule has 0 saturated heterocycles. The number of guanidine groups is 1. The predicted molar refractivity (Wildman–Crippen MR) is 127 cm³/mol. The number of carbonyl (C=O) groups is 1. The van der Waals surface area contributed by atoms with E-state index in [9.17, 15) is 0 Å². The van der Waals surface area contributed by atoms with E-state index in [1.54, 1.807) is 13.3 Å². The van der Waals surface area contributed by atoms with Gasteiger partial charge in [-0.25, -0.2) is 4.98 Å². The molecule has 0 spiro atoms. The van der Waals surface area contributed by atoms with Crippen LogP contribution in [0.1, 0.15) is 13.8 Å². The minimum Gasteiger partial charge on any atom is -0.495 e. The van der Waals surface area contributed by atoms with Crippen LogP contribution in [0.5, 0.6) is 5.75 Å². The number of aliphatic imine (C=N–C) groups is 1. The van der Waals surface area contributed by atoms with Gasteiger partial charge in [-0.3, -0.25) is 4.79 Å². The largest absolute Gasteiger partial charge is 0.495 e. The smallest absolute Gasteiger partial charge is 0.204 e. The van der Waals surface area contributed by atoms with Gasteiger partial charge in [0.2, 0.25) is 6.41 Å². The molecular formula is C23H28N6O2. The Morgan fingerprint density at radius 3 is 2.48 bits per heavy atom. The fourth-order valence-corrected chi connectivity index (χ4v) is 2.78. The lowest BCUT2D eigenvalue weighted by Gasteiger charge is -2.11. The molecule has 31 heavy (non-hydrogen) atoms. The van der Waals surface area contributed by atoms with E-state index < -0.39 is 0 Å². The summed E-state index contributed by atoms with van der Waals surface area (Å²) in [5.74, 6) is 1.46. The van der Waals surface area contributed by atoms with Crippen LogP contribution in [0.2, 0.25) is 0 Å². The molecule has 0 aliphatic rings. The molecular weight excluding hydrogens is 392 g/mol. The average Bonchev–Trinajstić information content (AvgIpc) is 2.75. The van der Waals surface area contributed by atoms with Crippen molar-refractivity contribution < 1.29 is 9.53 Å². The van der Waals surface area contributed by atoms with Gasteiger partial charge in [0.25, 0.3) is 0 Å². The summed E-state index contributed by atoms with van der Waals surface area (Å²) in [5, 5.41) is 6.44. The Morgan fingerprint density at radius 1 is 1.10 bits per heavy atom. The van der Waals surface area contributed by atoms with Gasteiger partial charge >= 0.3 is 0 Å². The van der Waals surface area contributed by atoms with Crippen LogP contribution in [0.25, 0.3) is 11.1 Å². The molecule has 0 radical (unpaired) electrons. The number of primary amides is 1. The number of nitrogens with zero attached hydrogens (tertiary/aromatic N) is 2. The van der Waals surface area contributed by atoms with Crippen LogP contribution in [0.3, 0.4) is 0 Å². The number of rotatable bonds is 6. The molecule has 8 nitrogen and oxygen atoms in total. The fourth-order valence-electron chi connectivity index (χ4n) is 2.78. The third-order valence-electron chi connectivity index (χ3n) is 4.00. The average molecular weight is 421 g/mol. The molecule has 0 fully saturated rings. The van der Waals surface area contributed by atoms with E-state index in [0.29, 0.717) is 17.6 Å². The second kappa shape index (κ2) is 11.8. The van der Waals surface area contributed by atoms with Crippen LogP contribution in [-0.4, -0.2) is 30.5 Å². The Labute approximate surface area is 182 Å². The molecule has 8 heteroatoms. The zero-order chi connectivity index (χ0) is 22.6. The monoisotopic (exact) mass is 420 g/mol. The van der Waals surface area contributed by atoms with Gasteiger partial charge in [-0.1, -0.05) is 24.3 Å². The van der Waals surface area contributed by atoms with E-state index in [1.807, 2.05) is 42.5 Å². The number of anilines is 2. The lowest BCUT2D eigenvalue weighted by atomic mass is 10.1. The van der Waals surface area contributed by atoms with Crippen molar-refractivity contribution in [3.05, 3.63) is 66.9 Å². The number of nitrogens with one attached hydrogen (secondary N) is 2. The maximum atomic E-state index is 8.58. The standard InChI is InChI=1S/C22H25N5O.CH3NO/c1-15(2)25-18-8-6-7-16(13-18)17-11-12-21(24-14-17)27-22(23)26-19-9-4-5-10-20(19)28-3;2-1-3/h4-15,25H,1-3H3,(H3,23,24,26,27);1H,(H2,2,3). The summed E-state index contributed by atoms with van der Waals surface area (Å²) in [6.45, 7) is 4.23. The third kappa shape index (κ3) is 7.36. The summed E-state index contributed by atoms with van der Waals surface area (Å²) in [5.41, 5.74) is 14.1. The van der Waals surface area contributed by atoms with Gasteiger partial charge in [-0.05, 0) is 55.8 Å². The van der Waals surface area contributed by atoms with E-state index in [4.69, 9.17) is 15.3 Å². The summed E-state index contributed by atoms with van der Waals surface area (Å²) < 4.78 is 5.30. The van der Waals surface area contributed by atoms with Crippen LogP contribution in [0.15, 0.2) is 71.9 Å². The Balaban J connectivity index is 0.00000107. The van der Waals surface area contributed by atoms with Gasteiger partial charge < -0.3 is 26.8 Å². The minimum atomic E-state index is 0.243. The lowest BCUT2D eigenvalue weighted by molar-refractivity contribution is -0.106. The topological polar surface area (TPSA) is 128 Å². The quantitative estimate of drug-likeness (QED) is 0.273. The van der Waals surface area contributed by atoms with Crippen molar-refractivity contribution in [3.63, 3.8) is 0 Å². The van der Waals surface area contributed by atoms with Crippen molar-refractivity contribution in [2.75, 3.05) is 17.7 Å². The maximum absolute atomic E-state index is 8.58. The van der Waals surface area contributed by atoms with Gasteiger partial charge in [0.15, 0.2) is 11.8 Å². The van der Waals surface area contributed by atoms with Crippen LogP contribution < -0.4 is 26.8 Å². The highest BCUT2D eigenvalue weighted by atomic mass is 16.5. The third-order valence-corrected chi connectivity index (χ3v) is 4.00. The first kappa shape index (κ1) is 23.2. The Bertz CT molecular complexity index is 1000. The van der Waals surface area contributed by atoms with Crippen molar-refractivity contribution in [1.82, 2.24) is 4.98 Å². The SMILES string of the molecule is COc1ccccc1NC(N)=Nc1ccc(-c2cccc(NC(C)C)c2)cn1.NC=O. The predicted octanol–water partition coefficient (Wildman–Crippen LogP) is 3.74. The number of carbonyl (C=O) groups excluding carboxylic acids is 1. The minimum absolute atomic E-state index is 0.243. The second-order valence-electron chi connectivity index (χ2n) is 6.74. The summed E-state index contributed by atoms with van der Waals surface area (Å²) in [4.78, 5) is 17.3. The number of para-hydroxylation sites is 2. The van der Waals surface area contributed by atoms with Crippen LogP contribution >= 0.6 is 0 Å². The number of hydrogen-bond donors (Lipinski definition) is 4. The summed E-state index contributed by atoms with van der Waals surface area (Å²) in [6, 6.07) is 20.0. The molecule has 0 aliphatic carbocycles. The molecule has 0 aliphatic heterocycles. The van der Waals surface area contributed by atoms with E-state index in [0.717, 1.165) is 22.5 Å². The van der Waals surface area contributed by atoms with Crippen LogP contribution in [0, 0.1) is 0 Å². The van der Waals surface area contributed by atoms with Crippen molar-refractivity contribution in [1.29, 1.82) is 0 Å². The molecule has 1 amide bonds. The van der Waals surface area contributed by atoms with Crippen molar-refractivity contribution in [3.8, 4) is 16.9 Å². The van der Waals surface area contributed by atoms with E-state index in [-0.39, 0.29) is 12.4 Å². The second-order valence-corrected chi connectivity index (χ2v) is 6.74. The number of aromatic nitrogens is 1. The van der Waals surface area contributed by atoms with Crippen molar-refractivity contribution >= 4 is 29.6 Å². The molecule has 3 rings (SSSR count). The van der Waals surface area contributed by atoms with E-state index in [1.165, 1.54) is 0 Å². The van der Waals surface area contributed by atoms with E-state index in [2.05, 4.69) is 58.4 Å². The number of amides is 1. The Morgan fingerprint density at radius 2 is 1.84 bits per heavy atom. The lowest BCUT2D eigenvalue weighted by Crippen LogP contribution is -2.22. The number of hydrogen-bond acceptors (Lipinski definition) is 5. The van der Waals surface area contributed by atoms with Crippen molar-refractivity contribution in [2.45, 2.75) is 19.9 Å². The molecule has 1 aromatic heterocycles. The molecule has 0 atom stereocenters. The Hall–Kier alpha value is -4.07. The molecule has 0 unspecified atom stereocenters. The van der Waals surface area contributed by atoms with Gasteiger partial charge in [0.05, 0.1) is 12.8 Å². The first-order chi connectivity index (χ1) is 15.0. The van der Waals surface area contributed by atoms with Gasteiger partial charge in [0, 0.05) is 23.5 Å². The fraction of sp³-hybridized carbons (Fsp3) is 0.174. The molecule has 1 heterocycles. The first-order valence-corrected chi connectivity index (χ1v) is 9.69. The first-order valence-electron chi connectivity index (χ1n) is 9.69. The van der Waals surface area contributed by atoms with Gasteiger partial charge in [-0.15, -0.1) is 0 Å². The summed E-state index contributed by atoms with van der Waals surface area (Å²) >= 11 is 0. The van der Waals surface area contributed by atoms with Gasteiger partial charge in [-0.2, -0.15) is 4.99 Å². The van der Waals surface area contributed by atoms with Crippen LogP contribution in [0.4, 0.5) is 17.2 Å². The maximum Gasteiger partial charge on any atom is 0.204 e. The molecule has 0 saturated carbocycles. The molecule has 0 bridgehead atoms. The Kier molecular flexibility index (Phi) is 8.85. The van der Waals surface area contributed by atoms with E-state index >= 15 is 0 Å². The highest BCUT2D eigenvalue weighted by Gasteiger charge is 2.04. The zero-order valence-electron chi connectivity index (χ0n) is 17.9. The number of benzene rings is 2. The van der Waals surface area contributed by atoms with Crippen LogP contribution in [-0.2, 0) is 4.79 Å².